The highest BCUT2D eigenvalue weighted by molar-refractivity contribution is 5.93. The summed E-state index contributed by atoms with van der Waals surface area (Å²) >= 11 is 0. The van der Waals surface area contributed by atoms with Crippen molar-refractivity contribution in [3.63, 3.8) is 0 Å². The lowest BCUT2D eigenvalue weighted by atomic mass is 10.2. The second-order valence-electron chi connectivity index (χ2n) is 6.31. The SMILES string of the molecule is O=C(c1c[nH]c(=O)n(Cc2ccco2)c1=O)N1CCN(c2ncccn2)CC1. The quantitative estimate of drug-likeness (QED) is 0.671. The lowest BCUT2D eigenvalue weighted by molar-refractivity contribution is 0.0743. The molecule has 0 bridgehead atoms. The zero-order valence-corrected chi connectivity index (χ0v) is 14.9. The summed E-state index contributed by atoms with van der Waals surface area (Å²) in [6, 6.07) is 5.07. The minimum Gasteiger partial charge on any atom is -0.467 e. The predicted octanol–water partition coefficient (Wildman–Crippen LogP) is -0.0697. The first-order valence-corrected chi connectivity index (χ1v) is 8.79. The number of furan rings is 1. The number of H-pyrrole nitrogens is 1. The van der Waals surface area contributed by atoms with Crippen molar-refractivity contribution < 1.29 is 9.21 Å². The second-order valence-corrected chi connectivity index (χ2v) is 6.31. The van der Waals surface area contributed by atoms with Gasteiger partial charge < -0.3 is 19.2 Å². The molecule has 10 nitrogen and oxygen atoms in total. The first-order valence-electron chi connectivity index (χ1n) is 8.79. The number of aromatic amines is 1. The van der Waals surface area contributed by atoms with Crippen LogP contribution < -0.4 is 16.1 Å². The highest BCUT2D eigenvalue weighted by Crippen LogP contribution is 2.11. The molecule has 3 aromatic heterocycles. The summed E-state index contributed by atoms with van der Waals surface area (Å²) in [5.41, 5.74) is -1.31. The third kappa shape index (κ3) is 3.43. The molecular weight excluding hydrogens is 364 g/mol. The summed E-state index contributed by atoms with van der Waals surface area (Å²) < 4.78 is 6.15. The minimum atomic E-state index is -0.640. The summed E-state index contributed by atoms with van der Waals surface area (Å²) in [5, 5.41) is 0. The van der Waals surface area contributed by atoms with E-state index in [-0.39, 0.29) is 12.1 Å². The molecule has 0 atom stereocenters. The Hall–Kier alpha value is -3.69. The molecule has 144 valence electrons. The molecule has 10 heteroatoms. The van der Waals surface area contributed by atoms with Crippen LogP contribution in [0, 0.1) is 0 Å². The van der Waals surface area contributed by atoms with Crippen LogP contribution in [0.4, 0.5) is 5.95 Å². The maximum atomic E-state index is 12.8. The molecule has 1 fully saturated rings. The number of nitrogens with one attached hydrogen (secondary N) is 1. The number of hydrogen-bond acceptors (Lipinski definition) is 7. The number of hydrogen-bond donors (Lipinski definition) is 1. The molecule has 0 radical (unpaired) electrons. The van der Waals surface area contributed by atoms with Crippen molar-refractivity contribution in [1.82, 2.24) is 24.4 Å². The largest absolute Gasteiger partial charge is 0.467 e. The zero-order chi connectivity index (χ0) is 19.5. The van der Waals surface area contributed by atoms with E-state index < -0.39 is 17.2 Å². The highest BCUT2D eigenvalue weighted by atomic mass is 16.3. The van der Waals surface area contributed by atoms with E-state index in [0.717, 1.165) is 4.57 Å². The molecule has 0 spiro atoms. The van der Waals surface area contributed by atoms with Crippen molar-refractivity contribution >= 4 is 11.9 Å². The van der Waals surface area contributed by atoms with Gasteiger partial charge in [0.25, 0.3) is 11.5 Å². The van der Waals surface area contributed by atoms with Crippen molar-refractivity contribution in [1.29, 1.82) is 0 Å². The van der Waals surface area contributed by atoms with Gasteiger partial charge in [0.05, 0.1) is 12.8 Å². The Balaban J connectivity index is 1.51. The number of aromatic nitrogens is 4. The van der Waals surface area contributed by atoms with E-state index in [9.17, 15) is 14.4 Å². The van der Waals surface area contributed by atoms with Crippen molar-refractivity contribution in [2.24, 2.45) is 0 Å². The average Bonchev–Trinajstić information content (AvgIpc) is 3.25. The molecule has 1 amide bonds. The summed E-state index contributed by atoms with van der Waals surface area (Å²) in [7, 11) is 0. The maximum absolute atomic E-state index is 12.8. The molecule has 1 saturated heterocycles. The van der Waals surface area contributed by atoms with Gasteiger partial charge in [-0.05, 0) is 18.2 Å². The lowest BCUT2D eigenvalue weighted by Gasteiger charge is -2.34. The standard InChI is InChI=1S/C18H18N6O4/c25-15(22-6-8-23(9-7-22)17-19-4-2-5-20-17)14-11-21-18(27)24(16(14)26)12-13-3-1-10-28-13/h1-5,10-11H,6-9,12H2,(H,21,27). The Labute approximate surface area is 159 Å². The number of rotatable bonds is 4. The predicted molar refractivity (Wildman–Crippen MR) is 99.3 cm³/mol. The number of carbonyl (C=O) groups excluding carboxylic acids is 1. The van der Waals surface area contributed by atoms with Gasteiger partial charge in [0.2, 0.25) is 5.95 Å². The monoisotopic (exact) mass is 382 g/mol. The molecule has 0 unspecified atom stereocenters. The number of nitrogens with zero attached hydrogens (tertiary/aromatic N) is 5. The zero-order valence-electron chi connectivity index (χ0n) is 14.9. The van der Waals surface area contributed by atoms with Crippen molar-refractivity contribution in [2.75, 3.05) is 31.1 Å². The normalized spacial score (nSPS) is 14.3. The summed E-state index contributed by atoms with van der Waals surface area (Å²) in [4.78, 5) is 52.0. The van der Waals surface area contributed by atoms with E-state index in [1.807, 2.05) is 4.90 Å². The molecular formula is C18H18N6O4. The third-order valence-electron chi connectivity index (χ3n) is 4.59. The smallest absolute Gasteiger partial charge is 0.328 e. The summed E-state index contributed by atoms with van der Waals surface area (Å²) in [6.07, 6.45) is 5.97. The van der Waals surface area contributed by atoms with Gasteiger partial charge in [-0.3, -0.25) is 14.2 Å². The van der Waals surface area contributed by atoms with Crippen LogP contribution in [0.3, 0.4) is 0 Å². The fraction of sp³-hybridized carbons (Fsp3) is 0.278. The second kappa shape index (κ2) is 7.51. The van der Waals surface area contributed by atoms with Crippen LogP contribution in [0.15, 0.2) is 57.1 Å². The van der Waals surface area contributed by atoms with Crippen molar-refractivity contribution in [3.05, 3.63) is 75.2 Å². The van der Waals surface area contributed by atoms with E-state index in [1.165, 1.54) is 12.5 Å². The van der Waals surface area contributed by atoms with Crippen LogP contribution in [0.25, 0.3) is 0 Å². The Morgan fingerprint density at radius 3 is 2.54 bits per heavy atom. The molecule has 1 aliphatic rings. The van der Waals surface area contributed by atoms with Gasteiger partial charge in [-0.15, -0.1) is 0 Å². The van der Waals surface area contributed by atoms with Crippen LogP contribution in [-0.4, -0.2) is 56.5 Å². The number of piperazine rings is 1. The first kappa shape index (κ1) is 17.7. The summed E-state index contributed by atoms with van der Waals surface area (Å²) in [6.45, 7) is 1.92. The van der Waals surface area contributed by atoms with Gasteiger partial charge in [0.15, 0.2) is 0 Å². The van der Waals surface area contributed by atoms with Crippen LogP contribution in [0.2, 0.25) is 0 Å². The van der Waals surface area contributed by atoms with E-state index in [1.54, 1.807) is 35.5 Å². The molecule has 1 N–H and O–H groups in total. The number of amides is 1. The molecule has 4 rings (SSSR count). The van der Waals surface area contributed by atoms with Crippen LogP contribution in [0.1, 0.15) is 16.1 Å². The highest BCUT2D eigenvalue weighted by Gasteiger charge is 2.26. The van der Waals surface area contributed by atoms with E-state index in [0.29, 0.717) is 37.9 Å². The molecule has 1 aliphatic heterocycles. The fourth-order valence-electron chi connectivity index (χ4n) is 3.10. The van der Waals surface area contributed by atoms with E-state index in [4.69, 9.17) is 4.42 Å². The Morgan fingerprint density at radius 2 is 1.86 bits per heavy atom. The Kier molecular flexibility index (Phi) is 4.75. The van der Waals surface area contributed by atoms with E-state index in [2.05, 4.69) is 15.0 Å². The maximum Gasteiger partial charge on any atom is 0.328 e. The third-order valence-corrected chi connectivity index (χ3v) is 4.59. The van der Waals surface area contributed by atoms with Gasteiger partial charge in [0, 0.05) is 44.8 Å². The van der Waals surface area contributed by atoms with Gasteiger partial charge in [-0.1, -0.05) is 0 Å². The van der Waals surface area contributed by atoms with Crippen molar-refractivity contribution in [2.45, 2.75) is 6.54 Å². The molecule has 0 aromatic carbocycles. The van der Waals surface area contributed by atoms with Gasteiger partial charge in [-0.2, -0.15) is 0 Å². The number of anilines is 1. The van der Waals surface area contributed by atoms with Crippen LogP contribution in [-0.2, 0) is 6.54 Å². The minimum absolute atomic E-state index is 0.0403. The van der Waals surface area contributed by atoms with Gasteiger partial charge in [0.1, 0.15) is 11.3 Å². The molecule has 28 heavy (non-hydrogen) atoms. The topological polar surface area (TPSA) is 117 Å². The van der Waals surface area contributed by atoms with Crippen LogP contribution in [0.5, 0.6) is 0 Å². The fourth-order valence-corrected chi connectivity index (χ4v) is 3.10. The molecule has 4 heterocycles. The molecule has 3 aromatic rings. The van der Waals surface area contributed by atoms with E-state index >= 15 is 0 Å². The first-order chi connectivity index (χ1) is 13.6. The lowest BCUT2D eigenvalue weighted by Crippen LogP contribution is -2.51. The van der Waals surface area contributed by atoms with Crippen molar-refractivity contribution in [3.8, 4) is 0 Å². The van der Waals surface area contributed by atoms with Crippen LogP contribution >= 0.6 is 0 Å². The van der Waals surface area contributed by atoms with Gasteiger partial charge >= 0.3 is 5.69 Å². The Morgan fingerprint density at radius 1 is 1.11 bits per heavy atom. The van der Waals surface area contributed by atoms with Gasteiger partial charge in [-0.25, -0.2) is 14.8 Å². The summed E-state index contributed by atoms with van der Waals surface area (Å²) in [5.74, 6) is 0.649. The average molecular weight is 382 g/mol. The molecule has 0 aliphatic carbocycles. The number of carbonyl (C=O) groups is 1. The Bertz CT molecular complexity index is 1070. The molecule has 0 saturated carbocycles.